The van der Waals surface area contributed by atoms with Gasteiger partial charge in [0, 0.05) is 24.8 Å². The van der Waals surface area contributed by atoms with Crippen LogP contribution in [0.5, 0.6) is 5.75 Å². The van der Waals surface area contributed by atoms with E-state index in [0.29, 0.717) is 37.8 Å². The second kappa shape index (κ2) is 8.51. The van der Waals surface area contributed by atoms with Gasteiger partial charge in [-0.05, 0) is 72.5 Å². The largest absolute Gasteiger partial charge is 0.507 e. The van der Waals surface area contributed by atoms with Crippen molar-refractivity contribution < 1.29 is 33.8 Å². The zero-order chi connectivity index (χ0) is 25.0. The van der Waals surface area contributed by atoms with E-state index in [1.165, 1.54) is 13.8 Å². The number of ether oxygens (including phenoxy) is 2. The van der Waals surface area contributed by atoms with Crippen LogP contribution in [0.2, 0.25) is 0 Å². The van der Waals surface area contributed by atoms with Crippen molar-refractivity contribution in [3.63, 3.8) is 0 Å². The summed E-state index contributed by atoms with van der Waals surface area (Å²) in [6, 6.07) is 1.64. The molecule has 34 heavy (non-hydrogen) atoms. The minimum Gasteiger partial charge on any atom is -0.507 e. The Morgan fingerprint density at radius 1 is 1.00 bits per heavy atom. The van der Waals surface area contributed by atoms with E-state index in [4.69, 9.17) is 9.47 Å². The molecule has 0 amide bonds. The molecule has 1 aromatic carbocycles. The van der Waals surface area contributed by atoms with Gasteiger partial charge in [-0.2, -0.15) is 0 Å². The maximum absolute atomic E-state index is 12.0. The van der Waals surface area contributed by atoms with Crippen molar-refractivity contribution >= 4 is 24.5 Å². The van der Waals surface area contributed by atoms with Gasteiger partial charge in [0.1, 0.15) is 18.0 Å². The summed E-state index contributed by atoms with van der Waals surface area (Å²) in [6.45, 7) is 9.16. The number of carbonyl (C=O) groups is 4. The second-order valence-electron chi connectivity index (χ2n) is 11.1. The number of carbonyl (C=O) groups excluding carboxylic acids is 4. The lowest BCUT2D eigenvalue weighted by atomic mass is 9.46. The molecule has 1 aromatic rings. The summed E-state index contributed by atoms with van der Waals surface area (Å²) >= 11 is 0. The molecule has 0 aromatic heterocycles. The lowest BCUT2D eigenvalue weighted by molar-refractivity contribution is -0.212. The molecule has 0 aliphatic heterocycles. The zero-order valence-corrected chi connectivity index (χ0v) is 20.6. The minimum absolute atomic E-state index is 0.0440. The van der Waals surface area contributed by atoms with Crippen molar-refractivity contribution in [2.75, 3.05) is 0 Å². The second-order valence-corrected chi connectivity index (χ2v) is 11.1. The van der Waals surface area contributed by atoms with E-state index in [-0.39, 0.29) is 34.1 Å². The normalized spacial score (nSPS) is 33.5. The maximum atomic E-state index is 12.0. The molecule has 7 nitrogen and oxygen atoms in total. The fourth-order valence-corrected chi connectivity index (χ4v) is 7.55. The minimum atomic E-state index is -0.562. The SMILES string of the molecule is CC(=O)OC1CC2C(CC[C@@H](C)[C@]23Cc2cc(O)c(C=O)c(C=O)c2C3)C(C)(C)C1OC(C)=O. The standard InChI is InChI=1S/C27H34O7/c1-14-6-7-21-22(9-24(33-15(2)30)25(26(21,4)5)34-16(3)31)27(14)10-17-8-23(32)20(13-29)19(12-28)18(17)11-27/h8,12-14,21-22,24-25,32H,6-7,9-11H2,1-5H3/t14-,21?,22?,24?,25?,27-/m1/s1. The van der Waals surface area contributed by atoms with Crippen LogP contribution in [0.3, 0.4) is 0 Å². The van der Waals surface area contributed by atoms with E-state index in [0.717, 1.165) is 24.0 Å². The lowest BCUT2D eigenvalue weighted by Crippen LogP contribution is -2.61. The quantitative estimate of drug-likeness (QED) is 0.522. The van der Waals surface area contributed by atoms with Crippen LogP contribution in [0.25, 0.3) is 0 Å². The van der Waals surface area contributed by atoms with Gasteiger partial charge in [0.2, 0.25) is 0 Å². The molecule has 184 valence electrons. The molecule has 0 saturated heterocycles. The Kier molecular flexibility index (Phi) is 6.11. The van der Waals surface area contributed by atoms with Crippen molar-refractivity contribution in [1.82, 2.24) is 0 Å². The molecular formula is C27H34O7. The third-order valence-corrected chi connectivity index (χ3v) is 9.09. The summed E-state index contributed by atoms with van der Waals surface area (Å²) in [5, 5.41) is 10.4. The van der Waals surface area contributed by atoms with E-state index < -0.39 is 29.6 Å². The fraction of sp³-hybridized carbons (Fsp3) is 0.630. The van der Waals surface area contributed by atoms with Crippen LogP contribution in [0.4, 0.5) is 0 Å². The number of esters is 2. The smallest absolute Gasteiger partial charge is 0.303 e. The highest BCUT2D eigenvalue weighted by atomic mass is 16.6. The molecule has 1 N–H and O–H groups in total. The van der Waals surface area contributed by atoms with Gasteiger partial charge in [-0.3, -0.25) is 19.2 Å². The molecule has 4 unspecified atom stereocenters. The first kappa shape index (κ1) is 24.4. The van der Waals surface area contributed by atoms with Crippen molar-refractivity contribution in [3.05, 3.63) is 28.3 Å². The number of hydrogen-bond donors (Lipinski definition) is 1. The summed E-state index contributed by atoms with van der Waals surface area (Å²) < 4.78 is 11.5. The van der Waals surface area contributed by atoms with Gasteiger partial charge in [0.25, 0.3) is 0 Å². The Morgan fingerprint density at radius 3 is 2.24 bits per heavy atom. The molecule has 2 saturated carbocycles. The molecule has 2 fully saturated rings. The van der Waals surface area contributed by atoms with E-state index in [2.05, 4.69) is 20.8 Å². The maximum Gasteiger partial charge on any atom is 0.303 e. The van der Waals surface area contributed by atoms with Gasteiger partial charge in [0.15, 0.2) is 12.6 Å². The van der Waals surface area contributed by atoms with Crippen LogP contribution in [0, 0.1) is 28.6 Å². The van der Waals surface area contributed by atoms with E-state index in [9.17, 15) is 24.3 Å². The zero-order valence-electron chi connectivity index (χ0n) is 20.6. The van der Waals surface area contributed by atoms with Gasteiger partial charge >= 0.3 is 11.9 Å². The van der Waals surface area contributed by atoms with Crippen molar-refractivity contribution in [2.45, 2.75) is 78.9 Å². The average Bonchev–Trinajstić information content (AvgIpc) is 3.12. The number of hydrogen-bond acceptors (Lipinski definition) is 7. The van der Waals surface area contributed by atoms with Crippen molar-refractivity contribution in [2.24, 2.45) is 28.6 Å². The molecule has 0 heterocycles. The summed E-state index contributed by atoms with van der Waals surface area (Å²) in [5.41, 5.74) is 1.42. The Labute approximate surface area is 200 Å². The van der Waals surface area contributed by atoms with E-state index in [1.54, 1.807) is 6.07 Å². The number of benzene rings is 1. The van der Waals surface area contributed by atoms with Crippen LogP contribution in [0.1, 0.15) is 85.7 Å². The van der Waals surface area contributed by atoms with Crippen LogP contribution >= 0.6 is 0 Å². The third kappa shape index (κ3) is 3.64. The Morgan fingerprint density at radius 2 is 1.65 bits per heavy atom. The number of phenols is 1. The molecule has 1 spiro atoms. The predicted octanol–water partition coefficient (Wildman–Crippen LogP) is 4.06. The molecular weight excluding hydrogens is 436 g/mol. The number of aromatic hydroxyl groups is 1. The summed E-state index contributed by atoms with van der Waals surface area (Å²) in [4.78, 5) is 47.5. The van der Waals surface area contributed by atoms with Gasteiger partial charge in [0.05, 0.1) is 5.56 Å². The Hall–Kier alpha value is -2.70. The van der Waals surface area contributed by atoms with Gasteiger partial charge in [-0.15, -0.1) is 0 Å². The van der Waals surface area contributed by atoms with Crippen LogP contribution in [-0.4, -0.2) is 41.8 Å². The number of rotatable bonds is 4. The predicted molar refractivity (Wildman–Crippen MR) is 124 cm³/mol. The lowest BCUT2D eigenvalue weighted by Gasteiger charge is -2.60. The number of phenolic OH excluding ortho intramolecular Hbond substituents is 1. The first-order valence-corrected chi connectivity index (χ1v) is 12.1. The van der Waals surface area contributed by atoms with Crippen LogP contribution in [-0.2, 0) is 31.9 Å². The van der Waals surface area contributed by atoms with E-state index in [1.807, 2.05) is 0 Å². The molecule has 0 bridgehead atoms. The summed E-state index contributed by atoms with van der Waals surface area (Å²) in [7, 11) is 0. The highest BCUT2D eigenvalue weighted by molar-refractivity contribution is 5.95. The first-order chi connectivity index (χ1) is 16.0. The summed E-state index contributed by atoms with van der Waals surface area (Å²) in [5.74, 6) is -0.281. The molecule has 4 rings (SSSR count). The van der Waals surface area contributed by atoms with Gasteiger partial charge in [-0.1, -0.05) is 20.8 Å². The van der Waals surface area contributed by atoms with Gasteiger partial charge in [-0.25, -0.2) is 0 Å². The third-order valence-electron chi connectivity index (χ3n) is 9.09. The monoisotopic (exact) mass is 470 g/mol. The highest BCUT2D eigenvalue weighted by Gasteiger charge is 2.62. The van der Waals surface area contributed by atoms with Crippen molar-refractivity contribution in [3.8, 4) is 5.75 Å². The molecule has 3 aliphatic carbocycles. The Bertz CT molecular complexity index is 1040. The van der Waals surface area contributed by atoms with Gasteiger partial charge < -0.3 is 14.6 Å². The summed E-state index contributed by atoms with van der Waals surface area (Å²) in [6.07, 6.45) is 3.93. The number of aldehydes is 2. The molecule has 3 aliphatic rings. The average molecular weight is 471 g/mol. The Balaban J connectivity index is 1.81. The number of fused-ring (bicyclic) bond motifs is 3. The fourth-order valence-electron chi connectivity index (χ4n) is 7.55. The molecule has 6 atom stereocenters. The van der Waals surface area contributed by atoms with E-state index >= 15 is 0 Å². The highest BCUT2D eigenvalue weighted by Crippen LogP contribution is 2.64. The van der Waals surface area contributed by atoms with Crippen LogP contribution < -0.4 is 0 Å². The topological polar surface area (TPSA) is 107 Å². The van der Waals surface area contributed by atoms with Crippen LogP contribution in [0.15, 0.2) is 6.07 Å². The molecule has 7 heteroatoms. The van der Waals surface area contributed by atoms with Crippen molar-refractivity contribution in [1.29, 1.82) is 0 Å². The first-order valence-electron chi connectivity index (χ1n) is 12.1. The molecule has 0 radical (unpaired) electrons.